The lowest BCUT2D eigenvalue weighted by Gasteiger charge is -2.39. The van der Waals surface area contributed by atoms with Gasteiger partial charge in [-0.1, -0.05) is 79.2 Å². The van der Waals surface area contributed by atoms with E-state index >= 15 is 0 Å². The van der Waals surface area contributed by atoms with Gasteiger partial charge in [0.05, 0.1) is 0 Å². The van der Waals surface area contributed by atoms with Gasteiger partial charge in [0, 0.05) is 34.9 Å². The van der Waals surface area contributed by atoms with Gasteiger partial charge in [-0.3, -0.25) is 9.69 Å². The number of carbonyl (C=O) groups excluding carboxylic acids is 1. The first-order chi connectivity index (χ1) is 13.7. The molecule has 0 spiro atoms. The Labute approximate surface area is 170 Å². The molecule has 0 bridgehead atoms. The van der Waals surface area contributed by atoms with Gasteiger partial charge < -0.3 is 4.74 Å². The molecule has 142 valence electrons. The fraction of sp³-hybridized carbons (Fsp3) is 0.208. The summed E-state index contributed by atoms with van der Waals surface area (Å²) in [5.41, 5.74) is 2.56. The largest absolute Gasteiger partial charge is 0.347 e. The second kappa shape index (κ2) is 7.78. The van der Waals surface area contributed by atoms with Crippen molar-refractivity contribution in [3.8, 4) is 0 Å². The third-order valence-corrected chi connectivity index (χ3v) is 5.33. The minimum atomic E-state index is -0.968. The zero-order valence-electron chi connectivity index (χ0n) is 15.8. The Kier molecular flexibility index (Phi) is 5.21. The normalized spacial score (nSPS) is 18.4. The number of carbonyl (C=O) groups is 1. The monoisotopic (exact) mass is 391 g/mol. The summed E-state index contributed by atoms with van der Waals surface area (Å²) in [6, 6.07) is 25.3. The van der Waals surface area contributed by atoms with Crippen LogP contribution in [0.2, 0.25) is 5.02 Å². The molecule has 1 atom stereocenters. The lowest BCUT2D eigenvalue weighted by molar-refractivity contribution is -0.111. The summed E-state index contributed by atoms with van der Waals surface area (Å²) in [5, 5.41) is 0.654. The van der Waals surface area contributed by atoms with Crippen LogP contribution in [0.1, 0.15) is 40.4 Å². The zero-order valence-corrected chi connectivity index (χ0v) is 16.5. The van der Waals surface area contributed by atoms with Crippen molar-refractivity contribution in [2.24, 2.45) is 0 Å². The van der Waals surface area contributed by atoms with Crippen molar-refractivity contribution in [2.45, 2.75) is 25.6 Å². The first-order valence-electron chi connectivity index (χ1n) is 9.52. The van der Waals surface area contributed by atoms with Crippen LogP contribution < -0.4 is 0 Å². The predicted molar refractivity (Wildman–Crippen MR) is 111 cm³/mol. The quantitative estimate of drug-likeness (QED) is 0.545. The molecule has 28 heavy (non-hydrogen) atoms. The lowest BCUT2D eigenvalue weighted by atomic mass is 9.93. The standard InChI is InChI=1S/C24H22ClNO2/c1-2-16-28-24(19-12-14-20(25)15-13-19)22-11-7-6-10-21(22)23(27)26(24)17-18-8-4-3-5-9-18/h3-15H,2,16-17H2,1H3. The molecule has 3 nitrogen and oxygen atoms in total. The van der Waals surface area contributed by atoms with Crippen molar-refractivity contribution >= 4 is 17.5 Å². The molecule has 1 aliphatic rings. The van der Waals surface area contributed by atoms with Gasteiger partial charge in [-0.2, -0.15) is 0 Å². The number of hydrogen-bond acceptors (Lipinski definition) is 2. The Balaban J connectivity index is 1.91. The van der Waals surface area contributed by atoms with Crippen LogP contribution in [0.25, 0.3) is 0 Å². The summed E-state index contributed by atoms with van der Waals surface area (Å²) >= 11 is 6.14. The van der Waals surface area contributed by atoms with Crippen LogP contribution >= 0.6 is 11.6 Å². The topological polar surface area (TPSA) is 29.5 Å². The third kappa shape index (κ3) is 3.11. The predicted octanol–water partition coefficient (Wildman–Crippen LogP) is 5.62. The molecule has 0 saturated carbocycles. The molecule has 1 unspecified atom stereocenters. The number of halogens is 1. The van der Waals surface area contributed by atoms with Crippen molar-refractivity contribution in [2.75, 3.05) is 6.61 Å². The van der Waals surface area contributed by atoms with Gasteiger partial charge in [0.1, 0.15) is 0 Å². The van der Waals surface area contributed by atoms with Crippen LogP contribution in [-0.2, 0) is 17.0 Å². The maximum atomic E-state index is 13.4. The zero-order chi connectivity index (χ0) is 19.6. The van der Waals surface area contributed by atoms with Crippen molar-refractivity contribution in [1.82, 2.24) is 4.90 Å². The summed E-state index contributed by atoms with van der Waals surface area (Å²) in [6.07, 6.45) is 0.852. The number of nitrogens with zero attached hydrogens (tertiary/aromatic N) is 1. The van der Waals surface area contributed by atoms with E-state index in [1.54, 1.807) is 0 Å². The molecule has 0 fully saturated rings. The van der Waals surface area contributed by atoms with Crippen LogP contribution in [0.4, 0.5) is 0 Å². The number of benzene rings is 3. The van der Waals surface area contributed by atoms with Crippen LogP contribution in [0.5, 0.6) is 0 Å². The third-order valence-electron chi connectivity index (χ3n) is 5.08. The molecule has 1 aliphatic heterocycles. The Hall–Kier alpha value is -2.62. The van der Waals surface area contributed by atoms with E-state index < -0.39 is 5.72 Å². The molecule has 0 aromatic heterocycles. The van der Waals surface area contributed by atoms with E-state index in [0.29, 0.717) is 23.7 Å². The fourth-order valence-corrected chi connectivity index (χ4v) is 3.95. The van der Waals surface area contributed by atoms with Gasteiger partial charge in [0.15, 0.2) is 5.72 Å². The highest BCUT2D eigenvalue weighted by molar-refractivity contribution is 6.30. The van der Waals surface area contributed by atoms with E-state index in [0.717, 1.165) is 23.1 Å². The highest BCUT2D eigenvalue weighted by Gasteiger charge is 2.51. The first kappa shape index (κ1) is 18.7. The van der Waals surface area contributed by atoms with Gasteiger partial charge >= 0.3 is 0 Å². The summed E-state index contributed by atoms with van der Waals surface area (Å²) in [6.45, 7) is 3.07. The van der Waals surface area contributed by atoms with E-state index in [1.807, 2.05) is 83.8 Å². The fourth-order valence-electron chi connectivity index (χ4n) is 3.82. The van der Waals surface area contributed by atoms with E-state index in [-0.39, 0.29) is 5.91 Å². The number of fused-ring (bicyclic) bond motifs is 1. The van der Waals surface area contributed by atoms with Crippen LogP contribution in [0, 0.1) is 0 Å². The lowest BCUT2D eigenvalue weighted by Crippen LogP contribution is -2.46. The Morgan fingerprint density at radius 1 is 0.929 bits per heavy atom. The molecule has 4 heteroatoms. The number of amides is 1. The maximum Gasteiger partial charge on any atom is 0.257 e. The van der Waals surface area contributed by atoms with Crippen molar-refractivity contribution in [1.29, 1.82) is 0 Å². The summed E-state index contributed by atoms with van der Waals surface area (Å²) < 4.78 is 6.51. The SMILES string of the molecule is CCCOC1(c2ccc(Cl)cc2)c2ccccc2C(=O)N1Cc1ccccc1. The average Bonchev–Trinajstić information content (AvgIpc) is 2.97. The van der Waals surface area contributed by atoms with E-state index in [1.165, 1.54) is 0 Å². The van der Waals surface area contributed by atoms with Crippen LogP contribution in [0.15, 0.2) is 78.9 Å². The smallest absolute Gasteiger partial charge is 0.257 e. The molecule has 0 saturated heterocycles. The van der Waals surface area contributed by atoms with Crippen molar-refractivity contribution < 1.29 is 9.53 Å². The molecule has 4 rings (SSSR count). The van der Waals surface area contributed by atoms with Crippen molar-refractivity contribution in [3.63, 3.8) is 0 Å². The van der Waals surface area contributed by atoms with Gasteiger partial charge in [0.2, 0.25) is 0 Å². The minimum Gasteiger partial charge on any atom is -0.347 e. The molecular weight excluding hydrogens is 370 g/mol. The maximum absolute atomic E-state index is 13.4. The number of hydrogen-bond donors (Lipinski definition) is 0. The van der Waals surface area contributed by atoms with Crippen molar-refractivity contribution in [3.05, 3.63) is 106 Å². The molecule has 0 aliphatic carbocycles. The molecule has 1 amide bonds. The van der Waals surface area contributed by atoms with E-state index in [4.69, 9.17) is 16.3 Å². The number of ether oxygens (including phenoxy) is 1. The first-order valence-corrected chi connectivity index (χ1v) is 9.90. The van der Waals surface area contributed by atoms with Gasteiger partial charge in [-0.15, -0.1) is 0 Å². The van der Waals surface area contributed by atoms with Crippen LogP contribution in [-0.4, -0.2) is 17.4 Å². The summed E-state index contributed by atoms with van der Waals surface area (Å²) in [7, 11) is 0. The molecule has 3 aromatic carbocycles. The molecular formula is C24H22ClNO2. The van der Waals surface area contributed by atoms with Gasteiger partial charge in [0.25, 0.3) is 5.91 Å². The Morgan fingerprint density at radius 3 is 2.32 bits per heavy atom. The van der Waals surface area contributed by atoms with E-state index in [9.17, 15) is 4.79 Å². The van der Waals surface area contributed by atoms with E-state index in [2.05, 4.69) is 6.92 Å². The highest BCUT2D eigenvalue weighted by Crippen LogP contribution is 2.46. The highest BCUT2D eigenvalue weighted by atomic mass is 35.5. The Bertz CT molecular complexity index is 971. The molecule has 1 heterocycles. The molecule has 0 N–H and O–H groups in total. The minimum absolute atomic E-state index is 0.0227. The van der Waals surface area contributed by atoms with Gasteiger partial charge in [-0.05, 0) is 30.2 Å². The molecule has 0 radical (unpaired) electrons. The molecule has 3 aromatic rings. The average molecular weight is 392 g/mol. The Morgan fingerprint density at radius 2 is 1.61 bits per heavy atom. The summed E-state index contributed by atoms with van der Waals surface area (Å²) in [5.74, 6) is -0.0227. The van der Waals surface area contributed by atoms with Crippen LogP contribution in [0.3, 0.4) is 0 Å². The second-order valence-corrected chi connectivity index (χ2v) is 7.36. The van der Waals surface area contributed by atoms with Gasteiger partial charge in [-0.25, -0.2) is 0 Å². The second-order valence-electron chi connectivity index (χ2n) is 6.92. The summed E-state index contributed by atoms with van der Waals surface area (Å²) in [4.78, 5) is 15.3. The number of rotatable bonds is 6.